The number of quaternary nitrogens is 1. The smallest absolute Gasteiger partial charge is 0.105 e. The lowest BCUT2D eigenvalue weighted by atomic mass is 10.1. The minimum Gasteiger partial charge on any atom is -0.379 e. The molecule has 0 rings (SSSR count). The number of rotatable bonds is 12. The second-order valence-corrected chi connectivity index (χ2v) is 5.44. The molecular formula is C15H34NO2+. The quantitative estimate of drug-likeness (QED) is 0.502. The molecule has 0 aliphatic rings. The Labute approximate surface area is 114 Å². The molecule has 0 saturated carbocycles. The van der Waals surface area contributed by atoms with Gasteiger partial charge in [0, 0.05) is 14.2 Å². The van der Waals surface area contributed by atoms with Gasteiger partial charge in [-0.1, -0.05) is 26.7 Å². The van der Waals surface area contributed by atoms with Gasteiger partial charge >= 0.3 is 0 Å². The first-order chi connectivity index (χ1) is 8.64. The van der Waals surface area contributed by atoms with Gasteiger partial charge in [0.25, 0.3) is 0 Å². The molecule has 1 atom stereocenters. The van der Waals surface area contributed by atoms with E-state index in [4.69, 9.17) is 9.47 Å². The van der Waals surface area contributed by atoms with E-state index in [0.717, 1.165) is 24.2 Å². The molecule has 3 nitrogen and oxygen atoms in total. The number of ether oxygens (including phenoxy) is 2. The van der Waals surface area contributed by atoms with Gasteiger partial charge in [0.1, 0.15) is 19.2 Å². The first kappa shape index (κ1) is 17.9. The SMILES string of the molecule is CCCC[N+](CCCC)(CCOC)CC(C)OC. The third kappa shape index (κ3) is 7.34. The summed E-state index contributed by atoms with van der Waals surface area (Å²) in [5.74, 6) is 0. The normalized spacial score (nSPS) is 13.8. The van der Waals surface area contributed by atoms with Gasteiger partial charge in [-0.2, -0.15) is 0 Å². The summed E-state index contributed by atoms with van der Waals surface area (Å²) in [6.45, 7) is 12.3. The van der Waals surface area contributed by atoms with Crippen LogP contribution in [0.2, 0.25) is 0 Å². The molecule has 3 heteroatoms. The van der Waals surface area contributed by atoms with Gasteiger partial charge in [0.2, 0.25) is 0 Å². The van der Waals surface area contributed by atoms with Crippen LogP contribution in [0.15, 0.2) is 0 Å². The maximum Gasteiger partial charge on any atom is 0.105 e. The summed E-state index contributed by atoms with van der Waals surface area (Å²) in [4.78, 5) is 0. The summed E-state index contributed by atoms with van der Waals surface area (Å²) >= 11 is 0. The average Bonchev–Trinajstić information content (AvgIpc) is 2.40. The standard InChI is InChI=1S/C15H34NO2/c1-6-8-10-16(11-9-7-2,12-13-17-4)14-15(3)18-5/h15H,6-14H2,1-5H3/q+1. The molecule has 0 aromatic carbocycles. The Hall–Kier alpha value is -0.120. The summed E-state index contributed by atoms with van der Waals surface area (Å²) < 4.78 is 12.0. The van der Waals surface area contributed by atoms with E-state index in [2.05, 4.69) is 20.8 Å². The van der Waals surface area contributed by atoms with E-state index in [-0.39, 0.29) is 0 Å². The molecule has 0 aliphatic heterocycles. The van der Waals surface area contributed by atoms with Gasteiger partial charge < -0.3 is 14.0 Å². The first-order valence-electron chi connectivity index (χ1n) is 7.51. The number of nitrogens with zero attached hydrogens (tertiary/aromatic N) is 1. The van der Waals surface area contributed by atoms with E-state index in [9.17, 15) is 0 Å². The van der Waals surface area contributed by atoms with Gasteiger partial charge in [-0.25, -0.2) is 0 Å². The molecule has 0 fully saturated rings. The maximum atomic E-state index is 5.49. The highest BCUT2D eigenvalue weighted by atomic mass is 16.5. The zero-order valence-corrected chi connectivity index (χ0v) is 13.2. The van der Waals surface area contributed by atoms with Crippen LogP contribution in [0.25, 0.3) is 0 Å². The molecule has 1 unspecified atom stereocenters. The molecule has 18 heavy (non-hydrogen) atoms. The van der Waals surface area contributed by atoms with Gasteiger partial charge in [0.15, 0.2) is 0 Å². The van der Waals surface area contributed by atoms with Crippen molar-refractivity contribution >= 4 is 0 Å². The summed E-state index contributed by atoms with van der Waals surface area (Å²) in [5.41, 5.74) is 0. The van der Waals surface area contributed by atoms with Crippen LogP contribution in [-0.4, -0.2) is 57.6 Å². The van der Waals surface area contributed by atoms with Crippen molar-refractivity contribution in [2.75, 3.05) is 47.0 Å². The van der Waals surface area contributed by atoms with E-state index in [1.165, 1.54) is 38.8 Å². The molecule has 0 heterocycles. The Morgan fingerprint density at radius 1 is 0.944 bits per heavy atom. The van der Waals surface area contributed by atoms with Crippen LogP contribution in [0, 0.1) is 0 Å². The van der Waals surface area contributed by atoms with E-state index in [1.54, 1.807) is 7.11 Å². The van der Waals surface area contributed by atoms with E-state index in [0.29, 0.717) is 6.10 Å². The number of methoxy groups -OCH3 is 2. The molecule has 0 aliphatic carbocycles. The van der Waals surface area contributed by atoms with Crippen LogP contribution in [0.3, 0.4) is 0 Å². The van der Waals surface area contributed by atoms with Crippen molar-refractivity contribution in [3.63, 3.8) is 0 Å². The van der Waals surface area contributed by atoms with Crippen LogP contribution in [-0.2, 0) is 9.47 Å². The Morgan fingerprint density at radius 2 is 1.50 bits per heavy atom. The summed E-state index contributed by atoms with van der Waals surface area (Å²) in [6, 6.07) is 0. The molecule has 0 radical (unpaired) electrons. The second kappa shape index (κ2) is 10.8. The van der Waals surface area contributed by atoms with Gasteiger partial charge in [-0.3, -0.25) is 0 Å². The minimum atomic E-state index is 0.329. The molecular weight excluding hydrogens is 226 g/mol. The van der Waals surface area contributed by atoms with Crippen molar-refractivity contribution < 1.29 is 14.0 Å². The van der Waals surface area contributed by atoms with Gasteiger partial charge in [0.05, 0.1) is 19.7 Å². The predicted octanol–water partition coefficient (Wildman–Crippen LogP) is 3.08. The Morgan fingerprint density at radius 3 is 1.89 bits per heavy atom. The molecule has 0 N–H and O–H groups in total. The van der Waals surface area contributed by atoms with Crippen molar-refractivity contribution in [3.05, 3.63) is 0 Å². The van der Waals surface area contributed by atoms with E-state index in [1.807, 2.05) is 7.11 Å². The van der Waals surface area contributed by atoms with E-state index >= 15 is 0 Å². The fourth-order valence-corrected chi connectivity index (χ4v) is 2.50. The summed E-state index contributed by atoms with van der Waals surface area (Å²) in [7, 11) is 3.61. The van der Waals surface area contributed by atoms with Crippen LogP contribution in [0.4, 0.5) is 0 Å². The molecule has 0 saturated heterocycles. The highest BCUT2D eigenvalue weighted by Gasteiger charge is 2.28. The molecule has 0 bridgehead atoms. The third-order valence-electron chi connectivity index (χ3n) is 3.79. The van der Waals surface area contributed by atoms with Crippen LogP contribution >= 0.6 is 0 Å². The largest absolute Gasteiger partial charge is 0.379 e. The van der Waals surface area contributed by atoms with Crippen molar-refractivity contribution in [1.29, 1.82) is 0 Å². The molecule has 0 amide bonds. The predicted molar refractivity (Wildman–Crippen MR) is 77.9 cm³/mol. The summed E-state index contributed by atoms with van der Waals surface area (Å²) in [6.07, 6.45) is 5.45. The van der Waals surface area contributed by atoms with Crippen molar-refractivity contribution in [1.82, 2.24) is 0 Å². The minimum absolute atomic E-state index is 0.329. The highest BCUT2D eigenvalue weighted by molar-refractivity contribution is 4.53. The second-order valence-electron chi connectivity index (χ2n) is 5.44. The lowest BCUT2D eigenvalue weighted by molar-refractivity contribution is -0.931. The Kier molecular flexibility index (Phi) is 10.7. The van der Waals surface area contributed by atoms with E-state index < -0.39 is 0 Å². The number of hydrogen-bond acceptors (Lipinski definition) is 2. The van der Waals surface area contributed by atoms with Crippen LogP contribution < -0.4 is 0 Å². The van der Waals surface area contributed by atoms with Gasteiger partial charge in [-0.15, -0.1) is 0 Å². The fourth-order valence-electron chi connectivity index (χ4n) is 2.50. The molecule has 110 valence electrons. The van der Waals surface area contributed by atoms with Crippen LogP contribution in [0.5, 0.6) is 0 Å². The third-order valence-corrected chi connectivity index (χ3v) is 3.79. The number of hydrogen-bond donors (Lipinski definition) is 0. The summed E-state index contributed by atoms with van der Waals surface area (Å²) in [5, 5.41) is 0. The Bertz CT molecular complexity index is 164. The van der Waals surface area contributed by atoms with Crippen molar-refractivity contribution in [3.8, 4) is 0 Å². The zero-order valence-electron chi connectivity index (χ0n) is 13.2. The molecule has 0 aromatic rings. The lowest BCUT2D eigenvalue weighted by Crippen LogP contribution is -2.54. The Balaban J connectivity index is 4.61. The molecule has 0 aromatic heterocycles. The lowest BCUT2D eigenvalue weighted by Gasteiger charge is -2.40. The zero-order chi connectivity index (χ0) is 13.9. The first-order valence-corrected chi connectivity index (χ1v) is 7.51. The monoisotopic (exact) mass is 260 g/mol. The highest BCUT2D eigenvalue weighted by Crippen LogP contribution is 2.14. The molecule has 0 spiro atoms. The van der Waals surface area contributed by atoms with Crippen molar-refractivity contribution in [2.24, 2.45) is 0 Å². The topological polar surface area (TPSA) is 18.5 Å². The fraction of sp³-hybridized carbons (Fsp3) is 1.00. The number of unbranched alkanes of at least 4 members (excludes halogenated alkanes) is 2. The average molecular weight is 260 g/mol. The van der Waals surface area contributed by atoms with Crippen LogP contribution in [0.1, 0.15) is 46.5 Å². The van der Waals surface area contributed by atoms with Gasteiger partial charge in [-0.05, 0) is 19.8 Å². The maximum absolute atomic E-state index is 5.49. The van der Waals surface area contributed by atoms with Crippen molar-refractivity contribution in [2.45, 2.75) is 52.6 Å².